The number of carbonyl (C=O) groups excluding carboxylic acids is 1. The van der Waals surface area contributed by atoms with E-state index in [1.165, 1.54) is 22.5 Å². The van der Waals surface area contributed by atoms with Crippen molar-refractivity contribution in [3.05, 3.63) is 28.8 Å². The van der Waals surface area contributed by atoms with Crippen molar-refractivity contribution < 1.29 is 23.1 Å². The molecule has 150 valence electrons. The van der Waals surface area contributed by atoms with E-state index < -0.39 is 27.2 Å². The van der Waals surface area contributed by atoms with Crippen LogP contribution in [0, 0.1) is 0 Å². The lowest BCUT2D eigenvalue weighted by Gasteiger charge is -2.36. The smallest absolute Gasteiger partial charge is 0.340 e. The standard InChI is InChI=1S/C18H25ClN2O5S/c1-17(2,3)26-16(22)14-11-13(19)5-6-15(14)27(24,25)21-9-7-18(23,8-10-21)12-20-4/h5-6,11,23H,4,7-10,12H2,1-3H3. The molecule has 0 radical (unpaired) electrons. The number of esters is 1. The molecule has 27 heavy (non-hydrogen) atoms. The van der Waals surface area contributed by atoms with Gasteiger partial charge >= 0.3 is 5.97 Å². The topological polar surface area (TPSA) is 96.3 Å². The van der Waals surface area contributed by atoms with Crippen molar-refractivity contribution in [3.8, 4) is 0 Å². The number of hydrogen-bond acceptors (Lipinski definition) is 6. The van der Waals surface area contributed by atoms with Crippen LogP contribution >= 0.6 is 11.6 Å². The maximum Gasteiger partial charge on any atom is 0.340 e. The minimum atomic E-state index is -3.96. The van der Waals surface area contributed by atoms with E-state index in [0.717, 1.165) is 0 Å². The molecule has 1 heterocycles. The molecular formula is C18H25ClN2O5S. The summed E-state index contributed by atoms with van der Waals surface area (Å²) in [4.78, 5) is 16.1. The molecule has 2 rings (SSSR count). The van der Waals surface area contributed by atoms with Gasteiger partial charge in [0.05, 0.1) is 22.6 Å². The highest BCUT2D eigenvalue weighted by Gasteiger charge is 2.38. The van der Waals surface area contributed by atoms with Gasteiger partial charge < -0.3 is 9.84 Å². The first-order valence-electron chi connectivity index (χ1n) is 8.56. The molecule has 0 aromatic heterocycles. The summed E-state index contributed by atoms with van der Waals surface area (Å²) in [5.74, 6) is -0.757. The predicted octanol–water partition coefficient (Wildman–Crippen LogP) is 2.51. The minimum absolute atomic E-state index is 0.106. The van der Waals surface area contributed by atoms with Gasteiger partial charge in [0, 0.05) is 18.1 Å². The molecule has 7 nitrogen and oxygen atoms in total. The number of piperidine rings is 1. The Labute approximate surface area is 165 Å². The first-order chi connectivity index (χ1) is 12.4. The van der Waals surface area contributed by atoms with Crippen molar-refractivity contribution in [2.75, 3.05) is 19.6 Å². The summed E-state index contributed by atoms with van der Waals surface area (Å²) in [6.45, 7) is 8.86. The lowest BCUT2D eigenvalue weighted by Crippen LogP contribution is -2.48. The van der Waals surface area contributed by atoms with E-state index in [4.69, 9.17) is 16.3 Å². The molecule has 1 N–H and O–H groups in total. The van der Waals surface area contributed by atoms with Crippen molar-refractivity contribution >= 4 is 34.3 Å². The lowest BCUT2D eigenvalue weighted by atomic mass is 9.93. The summed E-state index contributed by atoms with van der Waals surface area (Å²) >= 11 is 5.97. The van der Waals surface area contributed by atoms with Gasteiger partial charge in [-0.05, 0) is 58.5 Å². The van der Waals surface area contributed by atoms with Crippen LogP contribution in [0.2, 0.25) is 5.02 Å². The predicted molar refractivity (Wildman–Crippen MR) is 104 cm³/mol. The zero-order chi connectivity index (χ0) is 20.5. The molecule has 9 heteroatoms. The second-order valence-corrected chi connectivity index (χ2v) is 10.00. The molecule has 1 aromatic rings. The molecule has 1 aliphatic rings. The third-order valence-corrected chi connectivity index (χ3v) is 6.43. The molecule has 1 aliphatic heterocycles. The van der Waals surface area contributed by atoms with Crippen molar-refractivity contribution in [2.45, 2.75) is 49.7 Å². The third-order valence-electron chi connectivity index (χ3n) is 4.24. The highest BCUT2D eigenvalue weighted by molar-refractivity contribution is 7.89. The summed E-state index contributed by atoms with van der Waals surface area (Å²) in [7, 11) is -3.96. The van der Waals surface area contributed by atoms with Gasteiger partial charge in [-0.15, -0.1) is 0 Å². The van der Waals surface area contributed by atoms with E-state index in [9.17, 15) is 18.3 Å². The average Bonchev–Trinajstić information content (AvgIpc) is 2.53. The second-order valence-electron chi connectivity index (χ2n) is 7.65. The summed E-state index contributed by atoms with van der Waals surface area (Å²) in [6.07, 6.45) is 0.473. The Morgan fingerprint density at radius 3 is 2.48 bits per heavy atom. The van der Waals surface area contributed by atoms with Crippen LogP contribution in [0.1, 0.15) is 44.0 Å². The van der Waals surface area contributed by atoms with E-state index in [2.05, 4.69) is 11.7 Å². The first kappa shape index (κ1) is 21.8. The van der Waals surface area contributed by atoms with Crippen molar-refractivity contribution in [2.24, 2.45) is 4.99 Å². The number of aliphatic imine (C=N–C) groups is 1. The zero-order valence-corrected chi connectivity index (χ0v) is 17.3. The molecule has 0 amide bonds. The molecule has 0 saturated carbocycles. The second kappa shape index (κ2) is 7.87. The number of sulfonamides is 1. The summed E-state index contributed by atoms with van der Waals surface area (Å²) in [5.41, 5.74) is -1.94. The molecule has 0 bridgehead atoms. The molecule has 1 fully saturated rings. The normalized spacial score (nSPS) is 18.1. The van der Waals surface area contributed by atoms with Crippen LogP contribution < -0.4 is 0 Å². The number of rotatable bonds is 5. The van der Waals surface area contributed by atoms with E-state index in [1.807, 2.05) is 0 Å². The monoisotopic (exact) mass is 416 g/mol. The van der Waals surface area contributed by atoms with Gasteiger partial charge in [0.25, 0.3) is 0 Å². The van der Waals surface area contributed by atoms with Gasteiger partial charge in [-0.25, -0.2) is 13.2 Å². The Morgan fingerprint density at radius 1 is 1.37 bits per heavy atom. The van der Waals surface area contributed by atoms with Gasteiger partial charge in [0.15, 0.2) is 0 Å². The fourth-order valence-electron chi connectivity index (χ4n) is 2.87. The van der Waals surface area contributed by atoms with Gasteiger partial charge in [-0.1, -0.05) is 11.6 Å². The van der Waals surface area contributed by atoms with Gasteiger partial charge in [0.1, 0.15) is 5.60 Å². The van der Waals surface area contributed by atoms with Crippen molar-refractivity contribution in [1.82, 2.24) is 4.31 Å². The van der Waals surface area contributed by atoms with Crippen LogP contribution in [0.5, 0.6) is 0 Å². The first-order valence-corrected chi connectivity index (χ1v) is 10.4. The lowest BCUT2D eigenvalue weighted by molar-refractivity contribution is 0.00320. The molecule has 0 spiro atoms. The van der Waals surface area contributed by atoms with Crippen LogP contribution in [0.4, 0.5) is 0 Å². The molecule has 1 saturated heterocycles. The van der Waals surface area contributed by atoms with E-state index >= 15 is 0 Å². The number of nitrogens with zero attached hydrogens (tertiary/aromatic N) is 2. The number of halogens is 1. The van der Waals surface area contributed by atoms with Gasteiger partial charge in [0.2, 0.25) is 10.0 Å². The Kier molecular flexibility index (Phi) is 6.36. The van der Waals surface area contributed by atoms with Crippen molar-refractivity contribution in [1.29, 1.82) is 0 Å². The molecule has 0 atom stereocenters. The maximum atomic E-state index is 13.1. The van der Waals surface area contributed by atoms with E-state index in [1.54, 1.807) is 20.8 Å². The number of benzene rings is 1. The van der Waals surface area contributed by atoms with Crippen LogP contribution in [-0.2, 0) is 14.8 Å². The SMILES string of the molecule is C=NCC1(O)CCN(S(=O)(=O)c2ccc(Cl)cc2C(=O)OC(C)(C)C)CC1. The van der Waals surface area contributed by atoms with Crippen LogP contribution in [-0.4, -0.2) is 61.4 Å². The quantitative estimate of drug-likeness (QED) is 0.587. The zero-order valence-electron chi connectivity index (χ0n) is 15.7. The summed E-state index contributed by atoms with van der Waals surface area (Å²) in [6, 6.07) is 4.03. The fourth-order valence-corrected chi connectivity index (χ4v) is 4.64. The average molecular weight is 417 g/mol. The van der Waals surface area contributed by atoms with Crippen LogP contribution in [0.25, 0.3) is 0 Å². The molecule has 1 aromatic carbocycles. The minimum Gasteiger partial charge on any atom is -0.456 e. The number of aliphatic hydroxyl groups is 1. The number of carbonyl (C=O) groups is 1. The Balaban J connectivity index is 2.34. The Bertz CT molecular complexity index is 825. The summed E-state index contributed by atoms with van der Waals surface area (Å²) < 4.78 is 32.8. The largest absolute Gasteiger partial charge is 0.456 e. The van der Waals surface area contributed by atoms with Crippen molar-refractivity contribution in [3.63, 3.8) is 0 Å². The Hall–Kier alpha value is -1.48. The van der Waals surface area contributed by atoms with Gasteiger partial charge in [-0.3, -0.25) is 4.99 Å². The molecule has 0 unspecified atom stereocenters. The number of hydrogen-bond donors (Lipinski definition) is 1. The highest BCUT2D eigenvalue weighted by atomic mass is 35.5. The molecule has 0 aliphatic carbocycles. The number of ether oxygens (including phenoxy) is 1. The van der Waals surface area contributed by atoms with Gasteiger partial charge in [-0.2, -0.15) is 4.31 Å². The third kappa shape index (κ3) is 5.28. The Morgan fingerprint density at radius 2 is 1.96 bits per heavy atom. The fraction of sp³-hybridized carbons (Fsp3) is 0.556. The van der Waals surface area contributed by atoms with Crippen LogP contribution in [0.3, 0.4) is 0 Å². The maximum absolute atomic E-state index is 13.1. The summed E-state index contributed by atoms with van der Waals surface area (Å²) in [5, 5.41) is 10.6. The highest BCUT2D eigenvalue weighted by Crippen LogP contribution is 2.30. The van der Waals surface area contributed by atoms with E-state index in [-0.39, 0.29) is 48.0 Å². The van der Waals surface area contributed by atoms with E-state index in [0.29, 0.717) is 0 Å². The molecular weight excluding hydrogens is 392 g/mol. The van der Waals surface area contributed by atoms with Crippen LogP contribution in [0.15, 0.2) is 28.1 Å².